The second-order valence-corrected chi connectivity index (χ2v) is 23.8. The van der Waals surface area contributed by atoms with Gasteiger partial charge in [0.25, 0.3) is 0 Å². The SMILES string of the molecule is CCCCCCCC/C=C\CCCCCCCCCC(=O)OC(COC(=O)CCCCCCCCCCCCC)COC(=O)CCCCCCCCCCCCCCCCCCCCC/C=C\CCCCCCCCCC. The topological polar surface area (TPSA) is 78.9 Å². The number of hydrogen-bond acceptors (Lipinski definition) is 6. The quantitative estimate of drug-likeness (QED) is 0.0261. The van der Waals surface area contributed by atoms with Crippen molar-refractivity contribution in [1.29, 1.82) is 0 Å². The Hall–Kier alpha value is -2.11. The van der Waals surface area contributed by atoms with E-state index in [-0.39, 0.29) is 31.1 Å². The van der Waals surface area contributed by atoms with Gasteiger partial charge in [-0.2, -0.15) is 0 Å². The van der Waals surface area contributed by atoms with Crippen LogP contribution in [-0.2, 0) is 28.6 Å². The number of esters is 3. The van der Waals surface area contributed by atoms with Crippen LogP contribution >= 0.6 is 0 Å². The molecule has 0 aliphatic heterocycles. The van der Waals surface area contributed by atoms with E-state index in [0.29, 0.717) is 19.3 Å². The van der Waals surface area contributed by atoms with E-state index in [9.17, 15) is 14.4 Å². The van der Waals surface area contributed by atoms with E-state index in [2.05, 4.69) is 45.1 Å². The molecule has 0 amide bonds. The second-order valence-electron chi connectivity index (χ2n) is 23.8. The predicted octanol–water partition coefficient (Wildman–Crippen LogP) is 23.8. The number of allylic oxidation sites excluding steroid dienone is 4. The molecule has 454 valence electrons. The van der Waals surface area contributed by atoms with Crippen molar-refractivity contribution in [1.82, 2.24) is 0 Å². The molecule has 0 fully saturated rings. The van der Waals surface area contributed by atoms with Crippen LogP contribution in [0.15, 0.2) is 24.3 Å². The molecule has 0 saturated heterocycles. The van der Waals surface area contributed by atoms with E-state index in [0.717, 1.165) is 57.8 Å². The van der Waals surface area contributed by atoms with Crippen molar-refractivity contribution in [2.75, 3.05) is 13.2 Å². The third-order valence-corrected chi connectivity index (χ3v) is 15.9. The van der Waals surface area contributed by atoms with Gasteiger partial charge in [-0.15, -0.1) is 0 Å². The number of unbranched alkanes of at least 4 members (excludes halogenated alkanes) is 50. The standard InChI is InChI=1S/C71H134O6/c1-4-7-10-13-16-19-22-24-26-28-29-30-31-32-33-34-35-36-37-38-39-40-41-43-44-46-49-52-55-58-61-64-70(73)76-67-68(66-75-69(72)63-60-57-54-51-48-21-18-15-12-9-6-3)77-71(74)65-62-59-56-53-50-47-45-42-27-25-23-20-17-14-11-8-5-2/h25,27-29,68H,4-24,26,30-67H2,1-3H3/b27-25-,29-28-. The molecule has 6 nitrogen and oxygen atoms in total. The number of carbonyl (C=O) groups excluding carboxylic acids is 3. The smallest absolute Gasteiger partial charge is 0.306 e. The van der Waals surface area contributed by atoms with Gasteiger partial charge in [-0.1, -0.05) is 328 Å². The molecule has 0 radical (unpaired) electrons. The first-order chi connectivity index (χ1) is 38.0. The van der Waals surface area contributed by atoms with Crippen LogP contribution in [0.5, 0.6) is 0 Å². The van der Waals surface area contributed by atoms with Crippen molar-refractivity contribution in [3.05, 3.63) is 24.3 Å². The third kappa shape index (κ3) is 64.6. The summed E-state index contributed by atoms with van der Waals surface area (Å²) in [5.41, 5.74) is 0. The zero-order valence-corrected chi connectivity index (χ0v) is 52.3. The summed E-state index contributed by atoms with van der Waals surface area (Å²) in [7, 11) is 0. The lowest BCUT2D eigenvalue weighted by Crippen LogP contribution is -2.30. The first-order valence-electron chi connectivity index (χ1n) is 34.8. The lowest BCUT2D eigenvalue weighted by atomic mass is 10.0. The fourth-order valence-electron chi connectivity index (χ4n) is 10.7. The Balaban J connectivity index is 4.09. The van der Waals surface area contributed by atoms with E-state index >= 15 is 0 Å². The minimum absolute atomic E-state index is 0.0669. The molecule has 0 bridgehead atoms. The van der Waals surface area contributed by atoms with E-state index in [1.165, 1.54) is 295 Å². The van der Waals surface area contributed by atoms with Crippen LogP contribution in [0, 0.1) is 0 Å². The molecule has 0 aromatic heterocycles. The highest BCUT2D eigenvalue weighted by Gasteiger charge is 2.19. The maximum atomic E-state index is 12.9. The number of carbonyl (C=O) groups is 3. The van der Waals surface area contributed by atoms with Gasteiger partial charge < -0.3 is 14.2 Å². The first-order valence-corrected chi connectivity index (χ1v) is 34.8. The average molecular weight is 1080 g/mol. The van der Waals surface area contributed by atoms with Gasteiger partial charge in [0.15, 0.2) is 6.10 Å². The lowest BCUT2D eigenvalue weighted by molar-refractivity contribution is -0.167. The van der Waals surface area contributed by atoms with E-state index in [4.69, 9.17) is 14.2 Å². The summed E-state index contributed by atoms with van der Waals surface area (Å²) in [5, 5.41) is 0. The van der Waals surface area contributed by atoms with Crippen molar-refractivity contribution in [2.24, 2.45) is 0 Å². The van der Waals surface area contributed by atoms with Crippen LogP contribution < -0.4 is 0 Å². The summed E-state index contributed by atoms with van der Waals surface area (Å²) in [6.45, 7) is 6.69. The molecule has 0 spiro atoms. The van der Waals surface area contributed by atoms with Crippen molar-refractivity contribution < 1.29 is 28.6 Å². The molecule has 0 aromatic rings. The molecular weight excluding hydrogens is 949 g/mol. The largest absolute Gasteiger partial charge is 0.462 e. The zero-order chi connectivity index (χ0) is 55.7. The average Bonchev–Trinajstić information content (AvgIpc) is 3.43. The summed E-state index contributed by atoms with van der Waals surface area (Å²) in [6, 6.07) is 0. The molecule has 1 unspecified atom stereocenters. The molecule has 0 heterocycles. The van der Waals surface area contributed by atoms with Crippen LogP contribution in [0.4, 0.5) is 0 Å². The highest BCUT2D eigenvalue weighted by Crippen LogP contribution is 2.18. The monoisotopic (exact) mass is 1080 g/mol. The van der Waals surface area contributed by atoms with Crippen molar-refractivity contribution in [2.45, 2.75) is 399 Å². The fourth-order valence-corrected chi connectivity index (χ4v) is 10.7. The first kappa shape index (κ1) is 74.9. The van der Waals surface area contributed by atoms with Gasteiger partial charge in [0.1, 0.15) is 13.2 Å². The predicted molar refractivity (Wildman–Crippen MR) is 335 cm³/mol. The summed E-state index contributed by atoms with van der Waals surface area (Å²) < 4.78 is 16.9. The fraction of sp³-hybridized carbons (Fsp3) is 0.901. The van der Waals surface area contributed by atoms with Gasteiger partial charge >= 0.3 is 17.9 Å². The number of ether oxygens (including phenoxy) is 3. The Morgan fingerprint density at radius 1 is 0.247 bits per heavy atom. The molecule has 1 atom stereocenters. The molecule has 0 saturated carbocycles. The van der Waals surface area contributed by atoms with Crippen molar-refractivity contribution in [3.8, 4) is 0 Å². The van der Waals surface area contributed by atoms with Crippen LogP contribution in [0.25, 0.3) is 0 Å². The van der Waals surface area contributed by atoms with Crippen LogP contribution in [-0.4, -0.2) is 37.2 Å². The van der Waals surface area contributed by atoms with Gasteiger partial charge in [0.05, 0.1) is 0 Å². The summed E-state index contributed by atoms with van der Waals surface area (Å²) in [5.74, 6) is -0.844. The zero-order valence-electron chi connectivity index (χ0n) is 52.3. The maximum Gasteiger partial charge on any atom is 0.306 e. The highest BCUT2D eigenvalue weighted by molar-refractivity contribution is 5.71. The number of hydrogen-bond donors (Lipinski definition) is 0. The van der Waals surface area contributed by atoms with Gasteiger partial charge in [-0.25, -0.2) is 0 Å². The molecular formula is C71H134O6. The minimum atomic E-state index is -0.769. The summed E-state index contributed by atoms with van der Waals surface area (Å²) in [4.78, 5) is 38.3. The Morgan fingerprint density at radius 2 is 0.429 bits per heavy atom. The Labute approximate surface area is 481 Å². The highest BCUT2D eigenvalue weighted by atomic mass is 16.6. The normalized spacial score (nSPS) is 12.1. The second kappa shape index (κ2) is 66.4. The molecule has 0 rings (SSSR count). The molecule has 0 N–H and O–H groups in total. The van der Waals surface area contributed by atoms with Gasteiger partial charge in [-0.3, -0.25) is 14.4 Å². The lowest BCUT2D eigenvalue weighted by Gasteiger charge is -2.18. The molecule has 0 aliphatic carbocycles. The van der Waals surface area contributed by atoms with Gasteiger partial charge in [0, 0.05) is 19.3 Å². The van der Waals surface area contributed by atoms with E-state index < -0.39 is 6.10 Å². The Kier molecular flexibility index (Phi) is 64.6. The summed E-state index contributed by atoms with van der Waals surface area (Å²) >= 11 is 0. The maximum absolute atomic E-state index is 12.9. The summed E-state index contributed by atoms with van der Waals surface area (Å²) in [6.07, 6.45) is 80.8. The molecule has 77 heavy (non-hydrogen) atoms. The number of rotatable bonds is 65. The van der Waals surface area contributed by atoms with Crippen LogP contribution in [0.2, 0.25) is 0 Å². The van der Waals surface area contributed by atoms with Gasteiger partial charge in [-0.05, 0) is 70.6 Å². The van der Waals surface area contributed by atoms with Gasteiger partial charge in [0.2, 0.25) is 0 Å². The van der Waals surface area contributed by atoms with Crippen LogP contribution in [0.1, 0.15) is 393 Å². The van der Waals surface area contributed by atoms with Crippen molar-refractivity contribution >= 4 is 17.9 Å². The van der Waals surface area contributed by atoms with Crippen LogP contribution in [0.3, 0.4) is 0 Å². The van der Waals surface area contributed by atoms with E-state index in [1.807, 2.05) is 0 Å². The molecule has 0 aliphatic rings. The third-order valence-electron chi connectivity index (χ3n) is 15.9. The molecule has 6 heteroatoms. The molecule has 0 aromatic carbocycles. The Morgan fingerprint density at radius 3 is 0.649 bits per heavy atom. The Bertz CT molecular complexity index is 1240. The van der Waals surface area contributed by atoms with Crippen molar-refractivity contribution in [3.63, 3.8) is 0 Å². The van der Waals surface area contributed by atoms with E-state index in [1.54, 1.807) is 0 Å². The minimum Gasteiger partial charge on any atom is -0.462 e.